The smallest absolute Gasteiger partial charge is 0.261 e. The van der Waals surface area contributed by atoms with Gasteiger partial charge in [0.05, 0.1) is 34.7 Å². The Morgan fingerprint density at radius 1 is 1.12 bits per heavy atom. The molecule has 0 N–H and O–H groups in total. The molecule has 5 heterocycles. The minimum Gasteiger partial charge on any atom is -0.471 e. The molecule has 5 aromatic heterocycles. The third-order valence-corrected chi connectivity index (χ3v) is 4.75. The Labute approximate surface area is 185 Å². The predicted molar refractivity (Wildman–Crippen MR) is 110 cm³/mol. The highest BCUT2D eigenvalue weighted by Crippen LogP contribution is 2.25. The van der Waals surface area contributed by atoms with Crippen LogP contribution in [0.1, 0.15) is 11.4 Å². The van der Waals surface area contributed by atoms with Gasteiger partial charge in [-0.25, -0.2) is 14.6 Å². The SMILES string of the molecule is Cn1ncc(-c2nc(-c3cccc(Cn4cnnn4)n3)no2)c1COc1ccc(Cl)cn1. The summed E-state index contributed by atoms with van der Waals surface area (Å²) in [6.45, 7) is 0.631. The molecule has 0 unspecified atom stereocenters. The van der Waals surface area contributed by atoms with Crippen LogP contribution in [-0.2, 0) is 20.2 Å². The number of nitrogens with zero attached hydrogens (tertiary/aromatic N) is 10. The number of halogens is 1. The molecule has 160 valence electrons. The zero-order valence-electron chi connectivity index (χ0n) is 16.7. The summed E-state index contributed by atoms with van der Waals surface area (Å²) < 4.78 is 14.5. The molecule has 5 aromatic rings. The second-order valence-corrected chi connectivity index (χ2v) is 7.11. The van der Waals surface area contributed by atoms with Crippen molar-refractivity contribution in [3.8, 4) is 28.9 Å². The molecule has 0 aromatic carbocycles. The summed E-state index contributed by atoms with van der Waals surface area (Å²) in [6.07, 6.45) is 4.69. The molecule has 0 saturated carbocycles. The van der Waals surface area contributed by atoms with Gasteiger partial charge in [-0.15, -0.1) is 5.10 Å². The molecule has 5 rings (SSSR count). The quantitative estimate of drug-likeness (QED) is 0.363. The lowest BCUT2D eigenvalue weighted by Crippen LogP contribution is -2.05. The van der Waals surface area contributed by atoms with Crippen molar-refractivity contribution in [2.75, 3.05) is 0 Å². The first-order chi connectivity index (χ1) is 15.7. The number of hydrogen-bond acceptors (Lipinski definition) is 10. The van der Waals surface area contributed by atoms with E-state index >= 15 is 0 Å². The van der Waals surface area contributed by atoms with Crippen LogP contribution in [0.25, 0.3) is 23.0 Å². The van der Waals surface area contributed by atoms with E-state index < -0.39 is 0 Å². The van der Waals surface area contributed by atoms with Gasteiger partial charge in [0, 0.05) is 19.3 Å². The fraction of sp³-hybridized carbons (Fsp3) is 0.158. The summed E-state index contributed by atoms with van der Waals surface area (Å²) in [7, 11) is 1.80. The molecule has 13 heteroatoms. The lowest BCUT2D eigenvalue weighted by molar-refractivity contribution is 0.283. The Morgan fingerprint density at radius 3 is 2.88 bits per heavy atom. The predicted octanol–water partition coefficient (Wildman–Crippen LogP) is 2.19. The molecule has 0 atom stereocenters. The van der Waals surface area contributed by atoms with Gasteiger partial charge in [-0.2, -0.15) is 10.1 Å². The van der Waals surface area contributed by atoms with Gasteiger partial charge in [-0.1, -0.05) is 22.8 Å². The van der Waals surface area contributed by atoms with Crippen LogP contribution in [0.4, 0.5) is 0 Å². The number of pyridine rings is 2. The molecule has 0 fully saturated rings. The number of rotatable bonds is 7. The molecule has 0 spiro atoms. The van der Waals surface area contributed by atoms with Gasteiger partial charge in [0.1, 0.15) is 18.6 Å². The molecule has 0 radical (unpaired) electrons. The molecule has 32 heavy (non-hydrogen) atoms. The second-order valence-electron chi connectivity index (χ2n) is 6.68. The Balaban J connectivity index is 1.36. The van der Waals surface area contributed by atoms with Crippen molar-refractivity contribution in [1.82, 2.24) is 50.1 Å². The lowest BCUT2D eigenvalue weighted by atomic mass is 10.2. The zero-order valence-corrected chi connectivity index (χ0v) is 17.5. The van der Waals surface area contributed by atoms with Crippen molar-refractivity contribution in [1.29, 1.82) is 0 Å². The largest absolute Gasteiger partial charge is 0.471 e. The summed E-state index contributed by atoms with van der Waals surface area (Å²) in [5, 5.41) is 20.0. The van der Waals surface area contributed by atoms with Gasteiger partial charge in [0.25, 0.3) is 5.89 Å². The van der Waals surface area contributed by atoms with Gasteiger partial charge in [0.15, 0.2) is 0 Å². The highest BCUT2D eigenvalue weighted by molar-refractivity contribution is 6.30. The van der Waals surface area contributed by atoms with Gasteiger partial charge < -0.3 is 9.26 Å². The Morgan fingerprint density at radius 2 is 2.06 bits per heavy atom. The number of aromatic nitrogens is 10. The van der Waals surface area contributed by atoms with E-state index in [0.29, 0.717) is 40.4 Å². The molecule has 0 aliphatic rings. The highest BCUT2D eigenvalue weighted by atomic mass is 35.5. The molecular formula is C19H15ClN10O2. The Kier molecular flexibility index (Phi) is 5.25. The van der Waals surface area contributed by atoms with Crippen LogP contribution in [0.3, 0.4) is 0 Å². The van der Waals surface area contributed by atoms with Gasteiger partial charge in [-0.05, 0) is 28.6 Å². The van der Waals surface area contributed by atoms with Crippen LogP contribution in [-0.4, -0.2) is 50.1 Å². The summed E-state index contributed by atoms with van der Waals surface area (Å²) >= 11 is 5.86. The zero-order chi connectivity index (χ0) is 21.9. The van der Waals surface area contributed by atoms with Crippen LogP contribution in [0.15, 0.2) is 53.6 Å². The average molecular weight is 451 g/mol. The van der Waals surface area contributed by atoms with Crippen molar-refractivity contribution in [3.63, 3.8) is 0 Å². The maximum Gasteiger partial charge on any atom is 0.261 e. The molecule has 0 saturated heterocycles. The van der Waals surface area contributed by atoms with Gasteiger partial charge in [0.2, 0.25) is 11.7 Å². The van der Waals surface area contributed by atoms with Crippen LogP contribution in [0.5, 0.6) is 5.88 Å². The van der Waals surface area contributed by atoms with E-state index in [9.17, 15) is 0 Å². The molecule has 0 bridgehead atoms. The van der Waals surface area contributed by atoms with Crippen molar-refractivity contribution >= 4 is 11.6 Å². The number of aryl methyl sites for hydroxylation is 1. The Hall–Kier alpha value is -4.19. The first-order valence-electron chi connectivity index (χ1n) is 9.42. The van der Waals surface area contributed by atoms with E-state index in [1.165, 1.54) is 12.5 Å². The summed E-state index contributed by atoms with van der Waals surface area (Å²) in [5.74, 6) is 1.11. The van der Waals surface area contributed by atoms with Crippen LogP contribution >= 0.6 is 11.6 Å². The fourth-order valence-electron chi connectivity index (χ4n) is 2.95. The van der Waals surface area contributed by atoms with Crippen LogP contribution < -0.4 is 4.74 Å². The normalized spacial score (nSPS) is 11.1. The van der Waals surface area contributed by atoms with E-state index in [4.69, 9.17) is 20.9 Å². The first-order valence-corrected chi connectivity index (χ1v) is 9.80. The Bertz CT molecular complexity index is 1330. The standard InChI is InChI=1S/C19H15ClN10O2/c1-29-16(10-31-17-6-5-12(20)7-21-17)14(8-23-29)19-25-18(26-32-19)15-4-2-3-13(24-15)9-30-11-22-27-28-30/h2-8,11H,9-10H2,1H3. The fourth-order valence-corrected chi connectivity index (χ4v) is 3.06. The van der Waals surface area contributed by atoms with E-state index in [2.05, 4.69) is 40.7 Å². The van der Waals surface area contributed by atoms with E-state index in [1.54, 1.807) is 40.8 Å². The molecular weight excluding hydrogens is 436 g/mol. The average Bonchev–Trinajstić information content (AvgIpc) is 3.55. The summed E-state index contributed by atoms with van der Waals surface area (Å²) in [6, 6.07) is 8.93. The maximum absolute atomic E-state index is 5.86. The van der Waals surface area contributed by atoms with E-state index in [1.807, 2.05) is 12.1 Å². The third-order valence-electron chi connectivity index (χ3n) is 4.53. The lowest BCUT2D eigenvalue weighted by Gasteiger charge is -2.06. The van der Waals surface area contributed by atoms with Gasteiger partial charge in [-0.3, -0.25) is 4.68 Å². The topological polar surface area (TPSA) is 135 Å². The van der Waals surface area contributed by atoms with Crippen molar-refractivity contribution in [2.24, 2.45) is 7.05 Å². The molecule has 0 aliphatic heterocycles. The number of tetrazole rings is 1. The van der Waals surface area contributed by atoms with Crippen LogP contribution in [0.2, 0.25) is 5.02 Å². The van der Waals surface area contributed by atoms with Crippen LogP contribution in [0, 0.1) is 0 Å². The second kappa shape index (κ2) is 8.51. The summed E-state index contributed by atoms with van der Waals surface area (Å²) in [5.41, 5.74) is 2.73. The first kappa shape index (κ1) is 19.8. The van der Waals surface area contributed by atoms with Crippen molar-refractivity contribution < 1.29 is 9.26 Å². The minimum atomic E-state index is 0.206. The number of hydrogen-bond donors (Lipinski definition) is 0. The number of ether oxygens (including phenoxy) is 1. The van der Waals surface area contributed by atoms with Crippen molar-refractivity contribution in [2.45, 2.75) is 13.2 Å². The van der Waals surface area contributed by atoms with Gasteiger partial charge >= 0.3 is 0 Å². The van der Waals surface area contributed by atoms with Crippen molar-refractivity contribution in [3.05, 3.63) is 65.5 Å². The van der Waals surface area contributed by atoms with E-state index in [0.717, 1.165) is 11.4 Å². The molecule has 0 amide bonds. The summed E-state index contributed by atoms with van der Waals surface area (Å²) in [4.78, 5) is 13.2. The maximum atomic E-state index is 5.86. The molecule has 12 nitrogen and oxygen atoms in total. The highest BCUT2D eigenvalue weighted by Gasteiger charge is 2.19. The van der Waals surface area contributed by atoms with E-state index in [-0.39, 0.29) is 6.61 Å². The monoisotopic (exact) mass is 450 g/mol. The minimum absolute atomic E-state index is 0.206. The third kappa shape index (κ3) is 4.16. The molecule has 0 aliphatic carbocycles.